The number of hydrogen-bond donors (Lipinski definition) is 1. The second kappa shape index (κ2) is 8.51. The highest BCUT2D eigenvalue weighted by atomic mass is 19.4. The molecule has 2 rings (SSSR count). The summed E-state index contributed by atoms with van der Waals surface area (Å²) in [6, 6.07) is 5.04. The van der Waals surface area contributed by atoms with Crippen molar-refractivity contribution in [1.29, 1.82) is 0 Å². The Balaban J connectivity index is 1.87. The number of carbonyl (C=O) groups excluding carboxylic acids is 1. The summed E-state index contributed by atoms with van der Waals surface area (Å²) in [5, 5.41) is 2.96. The SMILES string of the molecule is CC[C@@H](Cc1ccc(C(F)(F)F)cc1)C(=O)NC[C@H]1CCCOC1. The molecule has 24 heavy (non-hydrogen) atoms. The number of rotatable bonds is 6. The highest BCUT2D eigenvalue weighted by molar-refractivity contribution is 5.78. The lowest BCUT2D eigenvalue weighted by atomic mass is 9.95. The Morgan fingerprint density at radius 3 is 2.58 bits per heavy atom. The average Bonchev–Trinajstić information content (AvgIpc) is 2.58. The molecule has 0 radical (unpaired) electrons. The minimum absolute atomic E-state index is 0.0389. The zero-order chi connectivity index (χ0) is 17.6. The van der Waals surface area contributed by atoms with E-state index in [4.69, 9.17) is 4.74 Å². The van der Waals surface area contributed by atoms with Gasteiger partial charge in [0.1, 0.15) is 0 Å². The fraction of sp³-hybridized carbons (Fsp3) is 0.611. The number of hydrogen-bond acceptors (Lipinski definition) is 2. The molecule has 0 unspecified atom stereocenters. The Morgan fingerprint density at radius 1 is 1.33 bits per heavy atom. The predicted octanol–water partition coefficient (Wildman–Crippen LogP) is 3.82. The molecule has 1 fully saturated rings. The maximum Gasteiger partial charge on any atom is 0.416 e. The molecule has 1 N–H and O–H groups in total. The van der Waals surface area contributed by atoms with Crippen molar-refractivity contribution in [3.05, 3.63) is 35.4 Å². The molecule has 1 amide bonds. The fourth-order valence-corrected chi connectivity index (χ4v) is 2.89. The van der Waals surface area contributed by atoms with Crippen molar-refractivity contribution >= 4 is 5.91 Å². The number of alkyl halides is 3. The topological polar surface area (TPSA) is 38.3 Å². The molecule has 0 saturated carbocycles. The third-order valence-electron chi connectivity index (χ3n) is 4.45. The summed E-state index contributed by atoms with van der Waals surface area (Å²) in [6.45, 7) is 3.98. The molecule has 1 aliphatic rings. The maximum atomic E-state index is 12.6. The minimum Gasteiger partial charge on any atom is -0.381 e. The number of benzene rings is 1. The number of halogens is 3. The number of ether oxygens (including phenoxy) is 1. The van der Waals surface area contributed by atoms with Crippen LogP contribution in [0.2, 0.25) is 0 Å². The van der Waals surface area contributed by atoms with Gasteiger partial charge < -0.3 is 10.1 Å². The molecule has 0 spiro atoms. The summed E-state index contributed by atoms with van der Waals surface area (Å²) in [4.78, 5) is 12.3. The van der Waals surface area contributed by atoms with Crippen LogP contribution in [0, 0.1) is 11.8 Å². The van der Waals surface area contributed by atoms with Crippen molar-refractivity contribution in [3.63, 3.8) is 0 Å². The van der Waals surface area contributed by atoms with Crippen molar-refractivity contribution in [2.75, 3.05) is 19.8 Å². The van der Waals surface area contributed by atoms with Crippen LogP contribution in [0.25, 0.3) is 0 Å². The smallest absolute Gasteiger partial charge is 0.381 e. The van der Waals surface area contributed by atoms with Crippen LogP contribution >= 0.6 is 0 Å². The van der Waals surface area contributed by atoms with Crippen LogP contribution in [0.15, 0.2) is 24.3 Å². The quantitative estimate of drug-likeness (QED) is 0.853. The maximum absolute atomic E-state index is 12.6. The zero-order valence-corrected chi connectivity index (χ0v) is 13.9. The van der Waals surface area contributed by atoms with Gasteiger partial charge in [0.2, 0.25) is 5.91 Å². The summed E-state index contributed by atoms with van der Waals surface area (Å²) in [5.41, 5.74) is 0.0760. The summed E-state index contributed by atoms with van der Waals surface area (Å²) < 4.78 is 43.1. The van der Waals surface area contributed by atoms with Gasteiger partial charge in [-0.3, -0.25) is 4.79 Å². The molecule has 0 aliphatic carbocycles. The second-order valence-corrected chi connectivity index (χ2v) is 6.33. The molecule has 1 aromatic carbocycles. The Labute approximate surface area is 140 Å². The van der Waals surface area contributed by atoms with E-state index in [0.29, 0.717) is 31.9 Å². The van der Waals surface area contributed by atoms with Gasteiger partial charge in [-0.2, -0.15) is 13.2 Å². The van der Waals surface area contributed by atoms with Gasteiger partial charge in [0.05, 0.1) is 12.2 Å². The number of carbonyl (C=O) groups is 1. The van der Waals surface area contributed by atoms with Gasteiger partial charge in [-0.05, 0) is 49.3 Å². The third-order valence-corrected chi connectivity index (χ3v) is 4.45. The van der Waals surface area contributed by atoms with E-state index in [-0.39, 0.29) is 11.8 Å². The standard InChI is InChI=1S/C18H24F3NO2/c1-2-15(17(23)22-11-14-4-3-9-24-12-14)10-13-5-7-16(8-6-13)18(19,20)21/h5-8,14-15H,2-4,9-12H2,1H3,(H,22,23)/t14-,15+/m1/s1. The molecule has 0 aromatic heterocycles. The van der Waals surface area contributed by atoms with E-state index in [1.54, 1.807) is 0 Å². The Hall–Kier alpha value is -1.56. The molecule has 6 heteroatoms. The van der Waals surface area contributed by atoms with Gasteiger partial charge in [0.15, 0.2) is 0 Å². The molecule has 1 saturated heterocycles. The lowest BCUT2D eigenvalue weighted by molar-refractivity contribution is -0.137. The van der Waals surface area contributed by atoms with Gasteiger partial charge in [0, 0.05) is 19.1 Å². The molecule has 3 nitrogen and oxygen atoms in total. The first-order valence-electron chi connectivity index (χ1n) is 8.41. The molecule has 134 valence electrons. The van der Waals surface area contributed by atoms with Gasteiger partial charge in [0.25, 0.3) is 0 Å². The lowest BCUT2D eigenvalue weighted by Crippen LogP contribution is -2.37. The van der Waals surface area contributed by atoms with Crippen LogP contribution in [0.4, 0.5) is 13.2 Å². The van der Waals surface area contributed by atoms with Gasteiger partial charge in [-0.15, -0.1) is 0 Å². The third kappa shape index (κ3) is 5.51. The number of amides is 1. The van der Waals surface area contributed by atoms with Gasteiger partial charge >= 0.3 is 6.18 Å². The van der Waals surface area contributed by atoms with Gasteiger partial charge in [-0.1, -0.05) is 19.1 Å². The minimum atomic E-state index is -4.33. The fourth-order valence-electron chi connectivity index (χ4n) is 2.89. The van der Waals surface area contributed by atoms with E-state index >= 15 is 0 Å². The van der Waals surface area contributed by atoms with Crippen molar-refractivity contribution in [1.82, 2.24) is 5.32 Å². The molecule has 1 aromatic rings. The van der Waals surface area contributed by atoms with Crippen molar-refractivity contribution in [2.24, 2.45) is 11.8 Å². The molecule has 2 atom stereocenters. The Morgan fingerprint density at radius 2 is 2.04 bits per heavy atom. The first-order valence-corrected chi connectivity index (χ1v) is 8.41. The van der Waals surface area contributed by atoms with Gasteiger partial charge in [-0.25, -0.2) is 0 Å². The zero-order valence-electron chi connectivity index (χ0n) is 13.9. The molecular weight excluding hydrogens is 319 g/mol. The highest BCUT2D eigenvalue weighted by Gasteiger charge is 2.30. The van der Waals surface area contributed by atoms with E-state index in [1.165, 1.54) is 12.1 Å². The second-order valence-electron chi connectivity index (χ2n) is 6.33. The summed E-state index contributed by atoms with van der Waals surface area (Å²) in [5.74, 6) is 0.0838. The Kier molecular flexibility index (Phi) is 6.66. The van der Waals surface area contributed by atoms with Crippen LogP contribution in [0.1, 0.15) is 37.3 Å². The van der Waals surface area contributed by atoms with Crippen LogP contribution in [0.3, 0.4) is 0 Å². The van der Waals surface area contributed by atoms with Crippen molar-refractivity contribution < 1.29 is 22.7 Å². The first-order chi connectivity index (χ1) is 11.4. The normalized spacial score (nSPS) is 19.8. The largest absolute Gasteiger partial charge is 0.416 e. The predicted molar refractivity (Wildman–Crippen MR) is 85.5 cm³/mol. The molecule has 0 bridgehead atoms. The van der Waals surface area contributed by atoms with Crippen LogP contribution in [-0.4, -0.2) is 25.7 Å². The van der Waals surface area contributed by atoms with Crippen LogP contribution < -0.4 is 5.32 Å². The van der Waals surface area contributed by atoms with Crippen LogP contribution in [-0.2, 0) is 22.1 Å². The first kappa shape index (κ1) is 18.8. The molecule has 1 aliphatic heterocycles. The van der Waals surface area contributed by atoms with E-state index in [1.807, 2.05) is 6.92 Å². The molecule has 1 heterocycles. The van der Waals surface area contributed by atoms with E-state index in [0.717, 1.165) is 37.1 Å². The summed E-state index contributed by atoms with van der Waals surface area (Å²) in [7, 11) is 0. The Bertz CT molecular complexity index is 522. The monoisotopic (exact) mass is 343 g/mol. The summed E-state index contributed by atoms with van der Waals surface area (Å²) >= 11 is 0. The highest BCUT2D eigenvalue weighted by Crippen LogP contribution is 2.29. The van der Waals surface area contributed by atoms with E-state index in [9.17, 15) is 18.0 Å². The lowest BCUT2D eigenvalue weighted by Gasteiger charge is -2.23. The summed E-state index contributed by atoms with van der Waals surface area (Å²) in [6.07, 6.45) is -1.17. The van der Waals surface area contributed by atoms with E-state index in [2.05, 4.69) is 5.32 Å². The van der Waals surface area contributed by atoms with E-state index < -0.39 is 11.7 Å². The molecular formula is C18H24F3NO2. The van der Waals surface area contributed by atoms with Crippen LogP contribution in [0.5, 0.6) is 0 Å². The van der Waals surface area contributed by atoms with Crippen molar-refractivity contribution in [3.8, 4) is 0 Å². The average molecular weight is 343 g/mol. The number of nitrogens with one attached hydrogen (secondary N) is 1. The van der Waals surface area contributed by atoms with Crippen molar-refractivity contribution in [2.45, 2.75) is 38.8 Å².